The first kappa shape index (κ1) is 13.0. The summed E-state index contributed by atoms with van der Waals surface area (Å²) in [6, 6.07) is 4.38. The van der Waals surface area contributed by atoms with Crippen LogP contribution in [0.3, 0.4) is 0 Å². The van der Waals surface area contributed by atoms with Gasteiger partial charge >= 0.3 is 0 Å². The molecule has 1 aromatic rings. The lowest BCUT2D eigenvalue weighted by molar-refractivity contribution is 0.437. The number of thioether (sulfide) groups is 1. The minimum atomic E-state index is 0.476. The summed E-state index contributed by atoms with van der Waals surface area (Å²) >= 11 is 3.82. The van der Waals surface area contributed by atoms with Crippen LogP contribution in [0.4, 0.5) is 0 Å². The monoisotopic (exact) mass is 244 g/mol. The quantitative estimate of drug-likeness (QED) is 0.833. The van der Waals surface area contributed by atoms with Gasteiger partial charge in [0.1, 0.15) is 0 Å². The Labute approximate surface area is 101 Å². The molecule has 0 spiro atoms. The van der Waals surface area contributed by atoms with E-state index in [4.69, 9.17) is 5.73 Å². The summed E-state index contributed by atoms with van der Waals surface area (Å²) in [5.41, 5.74) is 5.80. The molecule has 15 heavy (non-hydrogen) atoms. The summed E-state index contributed by atoms with van der Waals surface area (Å²) in [6.45, 7) is 4.00. The lowest BCUT2D eigenvalue weighted by Gasteiger charge is -2.14. The van der Waals surface area contributed by atoms with Crippen LogP contribution in [0.15, 0.2) is 12.1 Å². The van der Waals surface area contributed by atoms with Crippen molar-refractivity contribution in [3.8, 4) is 0 Å². The van der Waals surface area contributed by atoms with E-state index in [1.807, 2.05) is 23.1 Å². The summed E-state index contributed by atoms with van der Waals surface area (Å²) in [6.07, 6.45) is 0. The second-order valence-corrected chi connectivity index (χ2v) is 6.48. The first-order valence-electron chi connectivity index (χ1n) is 5.16. The number of nitrogens with zero attached hydrogens (tertiary/aromatic N) is 1. The maximum Gasteiger partial charge on any atom is 0.0514 e. The molecule has 0 aromatic carbocycles. The van der Waals surface area contributed by atoms with E-state index in [-0.39, 0.29) is 0 Å². The van der Waals surface area contributed by atoms with Crippen LogP contribution in [0.25, 0.3) is 0 Å². The zero-order valence-electron chi connectivity index (χ0n) is 9.69. The van der Waals surface area contributed by atoms with Crippen molar-refractivity contribution in [2.24, 2.45) is 5.73 Å². The maximum absolute atomic E-state index is 5.80. The van der Waals surface area contributed by atoms with Gasteiger partial charge in [-0.1, -0.05) is 0 Å². The van der Waals surface area contributed by atoms with Gasteiger partial charge in [0.2, 0.25) is 0 Å². The summed E-state index contributed by atoms with van der Waals surface area (Å²) in [5.74, 6) is 1.14. The highest BCUT2D eigenvalue weighted by Gasteiger charge is 2.11. The zero-order valence-corrected chi connectivity index (χ0v) is 11.3. The van der Waals surface area contributed by atoms with Crippen LogP contribution >= 0.6 is 23.1 Å². The van der Waals surface area contributed by atoms with Gasteiger partial charge in [-0.2, -0.15) is 11.8 Å². The van der Waals surface area contributed by atoms with Crippen molar-refractivity contribution >= 4 is 23.1 Å². The Morgan fingerprint density at radius 1 is 1.47 bits per heavy atom. The maximum atomic E-state index is 5.80. The number of hydrogen-bond acceptors (Lipinski definition) is 4. The molecule has 0 fully saturated rings. The molecule has 0 aliphatic heterocycles. The highest BCUT2D eigenvalue weighted by molar-refractivity contribution is 7.99. The third-order valence-corrected chi connectivity index (χ3v) is 4.68. The second-order valence-electron chi connectivity index (χ2n) is 3.85. The minimum absolute atomic E-state index is 0.476. The number of rotatable bonds is 6. The molecular formula is C11H20N2S2. The van der Waals surface area contributed by atoms with E-state index in [1.165, 1.54) is 9.75 Å². The fraction of sp³-hybridized carbons (Fsp3) is 0.636. The van der Waals surface area contributed by atoms with E-state index in [1.54, 1.807) is 0 Å². The molecule has 0 aliphatic carbocycles. The number of hydrogen-bond donors (Lipinski definition) is 1. The van der Waals surface area contributed by atoms with E-state index in [0.717, 1.165) is 18.8 Å². The van der Waals surface area contributed by atoms with Gasteiger partial charge in [-0.15, -0.1) is 11.3 Å². The largest absolute Gasteiger partial charge is 0.329 e. The molecule has 0 saturated carbocycles. The zero-order chi connectivity index (χ0) is 11.3. The summed E-state index contributed by atoms with van der Waals surface area (Å²) in [4.78, 5) is 5.00. The molecule has 0 saturated heterocycles. The number of aryl methyl sites for hydroxylation is 1. The van der Waals surface area contributed by atoms with E-state index in [9.17, 15) is 0 Å². The molecule has 1 unspecified atom stereocenters. The summed E-state index contributed by atoms with van der Waals surface area (Å²) < 4.78 is 0. The van der Waals surface area contributed by atoms with Crippen molar-refractivity contribution < 1.29 is 0 Å². The van der Waals surface area contributed by atoms with Crippen LogP contribution in [0.2, 0.25) is 0 Å². The molecular weight excluding hydrogens is 224 g/mol. The van der Waals surface area contributed by atoms with E-state index >= 15 is 0 Å². The van der Waals surface area contributed by atoms with Crippen LogP contribution in [-0.4, -0.2) is 37.8 Å². The van der Waals surface area contributed by atoms with Gasteiger partial charge in [0.15, 0.2) is 0 Å². The van der Waals surface area contributed by atoms with Crippen molar-refractivity contribution in [3.63, 3.8) is 0 Å². The van der Waals surface area contributed by atoms with E-state index in [2.05, 4.69) is 38.1 Å². The molecule has 0 radical (unpaired) electrons. The fourth-order valence-electron chi connectivity index (χ4n) is 1.27. The Morgan fingerprint density at radius 2 is 2.20 bits per heavy atom. The van der Waals surface area contributed by atoms with Crippen molar-refractivity contribution in [3.05, 3.63) is 21.9 Å². The molecule has 1 atom stereocenters. The molecule has 2 N–H and O–H groups in total. The highest BCUT2D eigenvalue weighted by Crippen LogP contribution is 2.32. The van der Waals surface area contributed by atoms with Gasteiger partial charge in [-0.3, -0.25) is 0 Å². The van der Waals surface area contributed by atoms with Gasteiger partial charge in [-0.25, -0.2) is 0 Å². The van der Waals surface area contributed by atoms with E-state index < -0.39 is 0 Å². The average molecular weight is 244 g/mol. The predicted octanol–water partition coefficient (Wildman–Crippen LogP) is 2.35. The molecule has 1 rings (SSSR count). The Hall–Kier alpha value is -0.0300. The first-order chi connectivity index (χ1) is 7.13. The Balaban J connectivity index is 2.42. The Kier molecular flexibility index (Phi) is 5.68. The lowest BCUT2D eigenvalue weighted by Crippen LogP contribution is -2.17. The predicted molar refractivity (Wildman–Crippen MR) is 71.9 cm³/mol. The number of thiophene rings is 1. The first-order valence-corrected chi connectivity index (χ1v) is 7.02. The molecule has 4 heteroatoms. The van der Waals surface area contributed by atoms with Crippen molar-refractivity contribution in [1.29, 1.82) is 0 Å². The molecule has 86 valence electrons. The molecule has 1 heterocycles. The molecule has 0 bridgehead atoms. The Morgan fingerprint density at radius 3 is 2.67 bits per heavy atom. The van der Waals surface area contributed by atoms with Gasteiger partial charge < -0.3 is 10.6 Å². The normalized spacial score (nSPS) is 13.4. The van der Waals surface area contributed by atoms with Crippen molar-refractivity contribution in [2.45, 2.75) is 12.2 Å². The van der Waals surface area contributed by atoms with Gasteiger partial charge in [0.05, 0.1) is 5.25 Å². The number of nitrogens with two attached hydrogens (primary N) is 1. The van der Waals surface area contributed by atoms with Crippen LogP contribution in [0.5, 0.6) is 0 Å². The Bertz CT molecular complexity index is 284. The average Bonchev–Trinajstić information content (AvgIpc) is 2.59. The van der Waals surface area contributed by atoms with E-state index in [0.29, 0.717) is 5.25 Å². The van der Waals surface area contributed by atoms with Crippen LogP contribution in [-0.2, 0) is 0 Å². The third kappa shape index (κ3) is 4.55. The lowest BCUT2D eigenvalue weighted by atomic mass is 10.3. The van der Waals surface area contributed by atoms with Crippen LogP contribution in [0, 0.1) is 6.92 Å². The van der Waals surface area contributed by atoms with Crippen molar-refractivity contribution in [2.75, 3.05) is 32.9 Å². The van der Waals surface area contributed by atoms with Crippen LogP contribution in [0.1, 0.15) is 15.0 Å². The SMILES string of the molecule is Cc1ccc(C(CN)SCCN(C)C)s1. The fourth-order valence-corrected chi connectivity index (χ4v) is 3.62. The third-order valence-electron chi connectivity index (χ3n) is 2.15. The highest BCUT2D eigenvalue weighted by atomic mass is 32.2. The molecule has 0 aliphatic rings. The summed E-state index contributed by atoms with van der Waals surface area (Å²) in [7, 11) is 4.21. The van der Waals surface area contributed by atoms with Crippen LogP contribution < -0.4 is 5.73 Å². The minimum Gasteiger partial charge on any atom is -0.329 e. The van der Waals surface area contributed by atoms with Gasteiger partial charge in [-0.05, 0) is 33.2 Å². The standard InChI is InChI=1S/C11H20N2S2/c1-9-4-5-10(15-9)11(8-12)14-7-6-13(2)3/h4-5,11H,6-8,12H2,1-3H3. The smallest absolute Gasteiger partial charge is 0.0514 e. The molecule has 2 nitrogen and oxygen atoms in total. The van der Waals surface area contributed by atoms with Crippen molar-refractivity contribution in [1.82, 2.24) is 4.90 Å². The topological polar surface area (TPSA) is 29.3 Å². The summed E-state index contributed by atoms with van der Waals surface area (Å²) in [5, 5.41) is 0.476. The second kappa shape index (κ2) is 6.53. The molecule has 0 amide bonds. The van der Waals surface area contributed by atoms with Gasteiger partial charge in [0, 0.05) is 28.6 Å². The van der Waals surface area contributed by atoms with Gasteiger partial charge in [0.25, 0.3) is 0 Å². The molecule has 1 aromatic heterocycles.